The standard InChI is InChI=1S/C21H26N4O/c1-17-8-3-4-9-18(17)19-16-22-20-10-11-21(23-25(19)20)26-15-7-14-24-12-5-2-6-13-24/h3-4,8-11,16H,2,5-7,12-15H2,1H3. The largest absolute Gasteiger partial charge is 0.477 e. The summed E-state index contributed by atoms with van der Waals surface area (Å²) in [6.45, 7) is 6.39. The third kappa shape index (κ3) is 3.73. The molecule has 5 nitrogen and oxygen atoms in total. The average Bonchev–Trinajstić information content (AvgIpc) is 3.09. The second-order valence-corrected chi connectivity index (χ2v) is 7.00. The highest BCUT2D eigenvalue weighted by Crippen LogP contribution is 2.24. The number of hydrogen-bond donors (Lipinski definition) is 0. The molecular formula is C21H26N4O. The molecule has 3 heterocycles. The molecule has 1 saturated heterocycles. The van der Waals surface area contributed by atoms with Crippen molar-refractivity contribution in [3.8, 4) is 17.1 Å². The molecule has 0 radical (unpaired) electrons. The first-order chi connectivity index (χ1) is 12.8. The SMILES string of the molecule is Cc1ccccc1-c1cnc2ccc(OCCCN3CCCCC3)nn12. The minimum absolute atomic E-state index is 0.656. The molecule has 0 N–H and O–H groups in total. The zero-order chi connectivity index (χ0) is 17.8. The van der Waals surface area contributed by atoms with Crippen LogP contribution in [0.2, 0.25) is 0 Å². The van der Waals surface area contributed by atoms with Gasteiger partial charge in [0.25, 0.3) is 0 Å². The van der Waals surface area contributed by atoms with Crippen LogP contribution in [0.4, 0.5) is 0 Å². The Bertz CT molecular complexity index is 867. The molecular weight excluding hydrogens is 324 g/mol. The zero-order valence-corrected chi connectivity index (χ0v) is 15.4. The van der Waals surface area contributed by atoms with E-state index in [-0.39, 0.29) is 0 Å². The molecule has 1 aromatic carbocycles. The Kier molecular flexibility index (Phi) is 5.16. The predicted molar refractivity (Wildman–Crippen MR) is 104 cm³/mol. The molecule has 1 fully saturated rings. The highest BCUT2D eigenvalue weighted by Gasteiger charge is 2.11. The van der Waals surface area contributed by atoms with Gasteiger partial charge in [0.2, 0.25) is 5.88 Å². The summed E-state index contributed by atoms with van der Waals surface area (Å²) in [7, 11) is 0. The quantitative estimate of drug-likeness (QED) is 0.631. The topological polar surface area (TPSA) is 42.7 Å². The Balaban J connectivity index is 1.43. The first-order valence-electron chi connectivity index (χ1n) is 9.57. The molecule has 0 amide bonds. The van der Waals surface area contributed by atoms with Gasteiger partial charge in [-0.05, 0) is 50.9 Å². The van der Waals surface area contributed by atoms with Crippen molar-refractivity contribution in [1.29, 1.82) is 0 Å². The molecule has 3 aromatic rings. The number of aromatic nitrogens is 3. The first-order valence-corrected chi connectivity index (χ1v) is 9.57. The van der Waals surface area contributed by atoms with E-state index in [2.05, 4.69) is 34.0 Å². The van der Waals surface area contributed by atoms with Crippen LogP contribution < -0.4 is 4.74 Å². The smallest absolute Gasteiger partial charge is 0.231 e. The molecule has 1 aliphatic rings. The zero-order valence-electron chi connectivity index (χ0n) is 15.4. The second kappa shape index (κ2) is 7.87. The van der Waals surface area contributed by atoms with Crippen molar-refractivity contribution in [2.45, 2.75) is 32.6 Å². The molecule has 5 heteroatoms. The van der Waals surface area contributed by atoms with Crippen molar-refractivity contribution in [3.05, 3.63) is 48.2 Å². The van der Waals surface area contributed by atoms with Crippen LogP contribution in [0.3, 0.4) is 0 Å². The molecule has 26 heavy (non-hydrogen) atoms. The van der Waals surface area contributed by atoms with E-state index in [1.54, 1.807) is 0 Å². The fraction of sp³-hybridized carbons (Fsp3) is 0.429. The van der Waals surface area contributed by atoms with Gasteiger partial charge in [-0.15, -0.1) is 5.10 Å². The summed E-state index contributed by atoms with van der Waals surface area (Å²) in [6.07, 6.45) is 6.97. The first kappa shape index (κ1) is 17.0. The number of likely N-dealkylation sites (tertiary alicyclic amines) is 1. The van der Waals surface area contributed by atoms with Crippen molar-refractivity contribution in [2.75, 3.05) is 26.2 Å². The Morgan fingerprint density at radius 2 is 1.88 bits per heavy atom. The van der Waals surface area contributed by atoms with Crippen LogP contribution in [0.25, 0.3) is 16.9 Å². The molecule has 0 atom stereocenters. The van der Waals surface area contributed by atoms with Crippen molar-refractivity contribution in [1.82, 2.24) is 19.5 Å². The third-order valence-electron chi connectivity index (χ3n) is 5.08. The molecule has 0 unspecified atom stereocenters. The van der Waals surface area contributed by atoms with Gasteiger partial charge >= 0.3 is 0 Å². The number of imidazole rings is 1. The molecule has 0 spiro atoms. The number of aryl methyl sites for hydroxylation is 1. The number of hydrogen-bond acceptors (Lipinski definition) is 4. The lowest BCUT2D eigenvalue weighted by Gasteiger charge is -2.26. The number of fused-ring (bicyclic) bond motifs is 1. The van der Waals surface area contributed by atoms with Crippen molar-refractivity contribution in [3.63, 3.8) is 0 Å². The van der Waals surface area contributed by atoms with Gasteiger partial charge in [-0.2, -0.15) is 0 Å². The van der Waals surface area contributed by atoms with Gasteiger partial charge in [-0.3, -0.25) is 0 Å². The van der Waals surface area contributed by atoms with Gasteiger partial charge in [-0.25, -0.2) is 9.50 Å². The molecule has 0 bridgehead atoms. The van der Waals surface area contributed by atoms with Crippen LogP contribution >= 0.6 is 0 Å². The number of piperidine rings is 1. The van der Waals surface area contributed by atoms with E-state index in [4.69, 9.17) is 4.74 Å². The Morgan fingerprint density at radius 1 is 1.04 bits per heavy atom. The van der Waals surface area contributed by atoms with Crippen LogP contribution in [0.1, 0.15) is 31.2 Å². The van der Waals surface area contributed by atoms with Crippen LogP contribution in [0.15, 0.2) is 42.6 Å². The second-order valence-electron chi connectivity index (χ2n) is 7.00. The molecule has 1 aliphatic heterocycles. The number of ether oxygens (including phenoxy) is 1. The molecule has 0 aliphatic carbocycles. The van der Waals surface area contributed by atoms with E-state index < -0.39 is 0 Å². The average molecular weight is 350 g/mol. The van der Waals surface area contributed by atoms with Crippen LogP contribution in [-0.2, 0) is 0 Å². The maximum atomic E-state index is 5.91. The van der Waals surface area contributed by atoms with Crippen LogP contribution in [-0.4, -0.2) is 45.7 Å². The van der Waals surface area contributed by atoms with E-state index in [1.807, 2.05) is 35.0 Å². The highest BCUT2D eigenvalue weighted by atomic mass is 16.5. The highest BCUT2D eigenvalue weighted by molar-refractivity contribution is 5.66. The van der Waals surface area contributed by atoms with Crippen LogP contribution in [0.5, 0.6) is 5.88 Å². The third-order valence-corrected chi connectivity index (χ3v) is 5.08. The van der Waals surface area contributed by atoms with Crippen molar-refractivity contribution < 1.29 is 4.74 Å². The van der Waals surface area contributed by atoms with Gasteiger partial charge in [0.15, 0.2) is 5.65 Å². The van der Waals surface area contributed by atoms with E-state index in [9.17, 15) is 0 Å². The molecule has 136 valence electrons. The lowest BCUT2D eigenvalue weighted by atomic mass is 10.1. The maximum absolute atomic E-state index is 5.91. The minimum Gasteiger partial charge on any atom is -0.477 e. The van der Waals surface area contributed by atoms with Gasteiger partial charge in [0, 0.05) is 18.2 Å². The van der Waals surface area contributed by atoms with Crippen molar-refractivity contribution >= 4 is 5.65 Å². The summed E-state index contributed by atoms with van der Waals surface area (Å²) in [5.41, 5.74) is 4.19. The van der Waals surface area contributed by atoms with Crippen molar-refractivity contribution in [2.24, 2.45) is 0 Å². The monoisotopic (exact) mass is 350 g/mol. The summed E-state index contributed by atoms with van der Waals surface area (Å²) >= 11 is 0. The number of benzene rings is 1. The summed E-state index contributed by atoms with van der Waals surface area (Å²) in [6, 6.07) is 12.2. The van der Waals surface area contributed by atoms with Gasteiger partial charge in [-0.1, -0.05) is 30.7 Å². The Labute approximate surface area is 154 Å². The normalized spacial score (nSPS) is 15.4. The molecule has 0 saturated carbocycles. The number of nitrogens with zero attached hydrogens (tertiary/aromatic N) is 4. The molecule has 2 aromatic heterocycles. The van der Waals surface area contributed by atoms with E-state index in [0.717, 1.165) is 29.9 Å². The summed E-state index contributed by atoms with van der Waals surface area (Å²) in [4.78, 5) is 7.01. The van der Waals surface area contributed by atoms with Gasteiger partial charge in [0.1, 0.15) is 0 Å². The van der Waals surface area contributed by atoms with E-state index >= 15 is 0 Å². The molecule has 4 rings (SSSR count). The Morgan fingerprint density at radius 3 is 2.73 bits per heavy atom. The Hall–Kier alpha value is -2.40. The fourth-order valence-corrected chi connectivity index (χ4v) is 3.63. The predicted octanol–water partition coefficient (Wildman–Crippen LogP) is 3.96. The minimum atomic E-state index is 0.656. The lowest BCUT2D eigenvalue weighted by molar-refractivity contribution is 0.202. The lowest BCUT2D eigenvalue weighted by Crippen LogP contribution is -2.31. The van der Waals surface area contributed by atoms with E-state index in [0.29, 0.717) is 12.5 Å². The fourth-order valence-electron chi connectivity index (χ4n) is 3.63. The summed E-state index contributed by atoms with van der Waals surface area (Å²) in [5, 5.41) is 4.66. The van der Waals surface area contributed by atoms with Gasteiger partial charge in [0.05, 0.1) is 18.5 Å². The number of rotatable bonds is 6. The van der Waals surface area contributed by atoms with Crippen LogP contribution in [0, 0.1) is 6.92 Å². The summed E-state index contributed by atoms with van der Waals surface area (Å²) < 4.78 is 7.79. The van der Waals surface area contributed by atoms with E-state index in [1.165, 1.54) is 37.9 Å². The summed E-state index contributed by atoms with van der Waals surface area (Å²) in [5.74, 6) is 0.656. The van der Waals surface area contributed by atoms with Gasteiger partial charge < -0.3 is 9.64 Å². The maximum Gasteiger partial charge on any atom is 0.231 e.